The Morgan fingerprint density at radius 3 is 2.58 bits per heavy atom. The van der Waals surface area contributed by atoms with Crippen LogP contribution in [0.25, 0.3) is 0 Å². The Morgan fingerprint density at radius 1 is 1.16 bits per heavy atom. The van der Waals surface area contributed by atoms with Crippen molar-refractivity contribution in [3.8, 4) is 5.75 Å². The van der Waals surface area contributed by atoms with E-state index in [4.69, 9.17) is 9.84 Å². The van der Waals surface area contributed by atoms with Crippen LogP contribution in [-0.2, 0) is 4.79 Å². The Balaban J connectivity index is 2.01. The van der Waals surface area contributed by atoms with Gasteiger partial charge in [-0.2, -0.15) is 0 Å². The summed E-state index contributed by atoms with van der Waals surface area (Å²) >= 11 is 1.45. The highest BCUT2D eigenvalue weighted by Crippen LogP contribution is 2.40. The van der Waals surface area contributed by atoms with Crippen molar-refractivity contribution >= 4 is 17.5 Å². The van der Waals surface area contributed by atoms with Gasteiger partial charge in [0, 0.05) is 17.4 Å². The van der Waals surface area contributed by atoms with Crippen LogP contribution < -0.4 is 4.74 Å². The Labute approximate surface area is 189 Å². The molecule has 0 saturated heterocycles. The molecule has 0 aliphatic heterocycles. The first kappa shape index (κ1) is 25.4. The minimum atomic E-state index is -1.32. The highest BCUT2D eigenvalue weighted by molar-refractivity contribution is 8.04. The zero-order valence-electron chi connectivity index (χ0n) is 18.4. The second-order valence-electron chi connectivity index (χ2n) is 7.95. The van der Waals surface area contributed by atoms with E-state index in [-0.39, 0.29) is 17.6 Å². The number of Topliss-reactive ketones (excluding diaryl/α,β-unsaturated/α-hetero) is 1. The lowest BCUT2D eigenvalue weighted by atomic mass is 9.90. The lowest BCUT2D eigenvalue weighted by Gasteiger charge is -2.22. The lowest BCUT2D eigenvalue weighted by Crippen LogP contribution is -2.28. The highest BCUT2D eigenvalue weighted by Gasteiger charge is 2.41. The quantitative estimate of drug-likeness (QED) is 0.311. The Bertz CT molecular complexity index is 784. The maximum Gasteiger partial charge on any atom is 0.198 e. The SMILES string of the molecule is CC(C)SC1=CC(O)(CCCCOc2ccccc2)/C(=C\C=C/C(O)CCCO)C1=O. The van der Waals surface area contributed by atoms with Crippen LogP contribution in [0.15, 0.2) is 65.1 Å². The van der Waals surface area contributed by atoms with Gasteiger partial charge in [-0.05, 0) is 50.3 Å². The molecule has 0 saturated carbocycles. The van der Waals surface area contributed by atoms with Crippen molar-refractivity contribution in [1.29, 1.82) is 0 Å². The van der Waals surface area contributed by atoms with E-state index >= 15 is 0 Å². The van der Waals surface area contributed by atoms with E-state index in [1.807, 2.05) is 44.2 Å². The van der Waals surface area contributed by atoms with Gasteiger partial charge in [0.1, 0.15) is 11.4 Å². The third-order valence-corrected chi connectivity index (χ3v) is 5.91. The average Bonchev–Trinajstić information content (AvgIpc) is 2.96. The summed E-state index contributed by atoms with van der Waals surface area (Å²) < 4.78 is 5.71. The Hall–Kier alpha value is -1.86. The summed E-state index contributed by atoms with van der Waals surface area (Å²) in [5.74, 6) is 0.662. The van der Waals surface area contributed by atoms with Crippen LogP contribution in [0, 0.1) is 0 Å². The van der Waals surface area contributed by atoms with Gasteiger partial charge in [0.2, 0.25) is 0 Å². The molecule has 0 radical (unpaired) electrons. The molecule has 1 aromatic carbocycles. The van der Waals surface area contributed by atoms with E-state index in [2.05, 4.69) is 0 Å². The normalized spacial score (nSPS) is 21.3. The molecule has 0 amide bonds. The Kier molecular flexibility index (Phi) is 10.5. The van der Waals surface area contributed by atoms with Crippen LogP contribution in [0.3, 0.4) is 0 Å². The van der Waals surface area contributed by atoms with Crippen LogP contribution in [0.5, 0.6) is 5.75 Å². The van der Waals surface area contributed by atoms with Crippen LogP contribution >= 0.6 is 11.8 Å². The van der Waals surface area contributed by atoms with Crippen LogP contribution in [0.2, 0.25) is 0 Å². The summed E-state index contributed by atoms with van der Waals surface area (Å²) in [6.45, 7) is 4.59. The topological polar surface area (TPSA) is 87.0 Å². The van der Waals surface area contributed by atoms with Crippen molar-refractivity contribution in [2.24, 2.45) is 0 Å². The minimum absolute atomic E-state index is 0.0257. The van der Waals surface area contributed by atoms with Crippen molar-refractivity contribution in [3.05, 3.63) is 65.1 Å². The number of allylic oxidation sites excluding steroid dienone is 3. The molecule has 31 heavy (non-hydrogen) atoms. The molecule has 1 aliphatic rings. The number of aliphatic hydroxyl groups is 3. The molecule has 170 valence electrons. The van der Waals surface area contributed by atoms with Gasteiger partial charge < -0.3 is 20.1 Å². The van der Waals surface area contributed by atoms with Gasteiger partial charge in [-0.1, -0.05) is 50.3 Å². The first-order valence-corrected chi connectivity index (χ1v) is 11.8. The largest absolute Gasteiger partial charge is 0.494 e. The van der Waals surface area contributed by atoms with Gasteiger partial charge in [0.25, 0.3) is 0 Å². The molecule has 2 rings (SSSR count). The van der Waals surface area contributed by atoms with E-state index in [9.17, 15) is 15.0 Å². The lowest BCUT2D eigenvalue weighted by molar-refractivity contribution is -0.112. The first-order valence-electron chi connectivity index (χ1n) is 10.9. The van der Waals surface area contributed by atoms with Crippen molar-refractivity contribution < 1.29 is 24.9 Å². The number of benzene rings is 1. The monoisotopic (exact) mass is 446 g/mol. The molecular weight excluding hydrogens is 412 g/mol. The molecule has 6 heteroatoms. The third kappa shape index (κ3) is 8.30. The predicted molar refractivity (Wildman–Crippen MR) is 126 cm³/mol. The summed E-state index contributed by atoms with van der Waals surface area (Å²) in [7, 11) is 0. The minimum Gasteiger partial charge on any atom is -0.494 e. The number of hydrogen-bond donors (Lipinski definition) is 3. The van der Waals surface area contributed by atoms with E-state index in [0.29, 0.717) is 42.8 Å². The molecule has 1 aliphatic carbocycles. The van der Waals surface area contributed by atoms with Gasteiger partial charge in [0.15, 0.2) is 5.78 Å². The summed E-state index contributed by atoms with van der Waals surface area (Å²) in [4.78, 5) is 13.5. The molecule has 5 nitrogen and oxygen atoms in total. The number of rotatable bonds is 13. The smallest absolute Gasteiger partial charge is 0.198 e. The van der Waals surface area contributed by atoms with Crippen molar-refractivity contribution in [3.63, 3.8) is 0 Å². The fourth-order valence-electron chi connectivity index (χ4n) is 3.34. The van der Waals surface area contributed by atoms with E-state index in [1.54, 1.807) is 24.3 Å². The van der Waals surface area contributed by atoms with Crippen LogP contribution in [-0.4, -0.2) is 51.3 Å². The first-order chi connectivity index (χ1) is 14.9. The molecule has 2 unspecified atom stereocenters. The summed E-state index contributed by atoms with van der Waals surface area (Å²) in [5, 5.41) is 30.3. The number of hydrogen-bond acceptors (Lipinski definition) is 6. The third-order valence-electron chi connectivity index (χ3n) is 4.89. The van der Waals surface area contributed by atoms with Gasteiger partial charge in [-0.25, -0.2) is 0 Å². The molecule has 2 atom stereocenters. The molecular formula is C25H34O5S. The highest BCUT2D eigenvalue weighted by atomic mass is 32.2. The molecule has 1 aromatic rings. The number of aliphatic hydroxyl groups excluding tert-OH is 2. The molecule has 0 fully saturated rings. The molecule has 0 spiro atoms. The van der Waals surface area contributed by atoms with Gasteiger partial charge in [0.05, 0.1) is 17.6 Å². The average molecular weight is 447 g/mol. The second-order valence-corrected chi connectivity index (χ2v) is 9.56. The molecule has 0 bridgehead atoms. The van der Waals surface area contributed by atoms with Crippen molar-refractivity contribution in [2.75, 3.05) is 13.2 Å². The van der Waals surface area contributed by atoms with Crippen LogP contribution in [0.1, 0.15) is 46.0 Å². The number of carbonyl (C=O) groups excluding carboxylic acids is 1. The number of para-hydroxylation sites is 1. The summed E-state index contributed by atoms with van der Waals surface area (Å²) in [5.41, 5.74) is -0.980. The zero-order chi connectivity index (χ0) is 22.7. The standard InChI is InChI=1S/C25H34O5S/c1-19(2)31-23-18-25(29,15-6-7-17-30-21-12-4-3-5-13-21)22(24(23)28)14-8-10-20(27)11-9-16-26/h3-5,8,10,12-14,18-20,26-27,29H,6-7,9,11,15-17H2,1-2H3/b10-8-,22-14-. The van der Waals surface area contributed by atoms with E-state index in [1.165, 1.54) is 11.8 Å². The maximum absolute atomic E-state index is 12.9. The van der Waals surface area contributed by atoms with Crippen LogP contribution in [0.4, 0.5) is 0 Å². The molecule has 0 heterocycles. The molecule has 3 N–H and O–H groups in total. The van der Waals surface area contributed by atoms with Gasteiger partial charge in [-0.15, -0.1) is 11.8 Å². The van der Waals surface area contributed by atoms with E-state index in [0.717, 1.165) is 12.2 Å². The number of ether oxygens (including phenoxy) is 1. The molecule has 0 aromatic heterocycles. The zero-order valence-corrected chi connectivity index (χ0v) is 19.2. The second kappa shape index (κ2) is 12.9. The van der Waals surface area contributed by atoms with Crippen molar-refractivity contribution in [2.45, 2.75) is 62.9 Å². The van der Waals surface area contributed by atoms with Gasteiger partial charge in [-0.3, -0.25) is 4.79 Å². The summed E-state index contributed by atoms with van der Waals surface area (Å²) in [6, 6.07) is 9.60. The maximum atomic E-state index is 12.9. The number of ketones is 1. The number of unbranched alkanes of at least 4 members (excludes halogenated alkanes) is 1. The predicted octanol–water partition coefficient (Wildman–Crippen LogP) is 4.19. The fourth-order valence-corrected chi connectivity index (χ4v) is 4.33. The van der Waals surface area contributed by atoms with Gasteiger partial charge >= 0.3 is 0 Å². The number of thioether (sulfide) groups is 1. The Morgan fingerprint density at radius 2 is 1.90 bits per heavy atom. The van der Waals surface area contributed by atoms with E-state index < -0.39 is 11.7 Å². The fraction of sp³-hybridized carbons (Fsp3) is 0.480. The summed E-state index contributed by atoms with van der Waals surface area (Å²) in [6.07, 6.45) is 8.63. The van der Waals surface area contributed by atoms with Crippen molar-refractivity contribution in [1.82, 2.24) is 0 Å². The number of carbonyl (C=O) groups is 1.